The van der Waals surface area contributed by atoms with Crippen LogP contribution in [0.4, 0.5) is 0 Å². The van der Waals surface area contributed by atoms with Gasteiger partial charge in [-0.15, -0.1) is 0 Å². The van der Waals surface area contributed by atoms with E-state index in [0.29, 0.717) is 6.04 Å². The lowest BCUT2D eigenvalue weighted by molar-refractivity contribution is 0.414. The van der Waals surface area contributed by atoms with E-state index in [4.69, 9.17) is 4.74 Å². The molecule has 2 rings (SSSR count). The first kappa shape index (κ1) is 15.1. The zero-order chi connectivity index (χ0) is 14.5. The molecule has 0 atom stereocenters. The number of nitrogens with zero attached hydrogens (tertiary/aromatic N) is 2. The van der Waals surface area contributed by atoms with Gasteiger partial charge in [0, 0.05) is 28.8 Å². The molecule has 108 valence electrons. The molecule has 0 amide bonds. The molecular weight excluding hydrogens is 318 g/mol. The van der Waals surface area contributed by atoms with Crippen molar-refractivity contribution in [3.05, 3.63) is 46.2 Å². The Morgan fingerprint density at radius 1 is 1.40 bits per heavy atom. The van der Waals surface area contributed by atoms with Crippen molar-refractivity contribution in [1.29, 1.82) is 0 Å². The van der Waals surface area contributed by atoms with Gasteiger partial charge in [0.1, 0.15) is 5.75 Å². The molecule has 20 heavy (non-hydrogen) atoms. The van der Waals surface area contributed by atoms with Crippen LogP contribution in [-0.4, -0.2) is 22.9 Å². The number of halogens is 1. The van der Waals surface area contributed by atoms with E-state index in [0.717, 1.165) is 28.9 Å². The summed E-state index contributed by atoms with van der Waals surface area (Å²) in [6.07, 6.45) is 3.98. The summed E-state index contributed by atoms with van der Waals surface area (Å²) in [6.45, 7) is 5.84. The average Bonchev–Trinajstić information content (AvgIpc) is 2.86. The monoisotopic (exact) mass is 337 g/mol. The quantitative estimate of drug-likeness (QED) is 0.879. The van der Waals surface area contributed by atoms with E-state index in [2.05, 4.69) is 46.4 Å². The molecule has 0 fully saturated rings. The second kappa shape index (κ2) is 6.90. The van der Waals surface area contributed by atoms with Crippen molar-refractivity contribution in [2.24, 2.45) is 0 Å². The van der Waals surface area contributed by atoms with Gasteiger partial charge in [0.15, 0.2) is 0 Å². The third-order valence-corrected chi connectivity index (χ3v) is 3.76. The normalized spacial score (nSPS) is 11.1. The molecule has 0 unspecified atom stereocenters. The molecule has 1 aromatic carbocycles. The fraction of sp³-hybridized carbons (Fsp3) is 0.400. The lowest BCUT2D eigenvalue weighted by Gasteiger charge is -2.08. The lowest BCUT2D eigenvalue weighted by atomic mass is 10.2. The Morgan fingerprint density at radius 2 is 2.20 bits per heavy atom. The van der Waals surface area contributed by atoms with Crippen LogP contribution in [0, 0.1) is 0 Å². The average molecular weight is 338 g/mol. The number of hydrogen-bond donors (Lipinski definition) is 1. The third kappa shape index (κ3) is 4.08. The van der Waals surface area contributed by atoms with E-state index in [1.54, 1.807) is 7.11 Å². The number of benzene rings is 1. The van der Waals surface area contributed by atoms with Gasteiger partial charge >= 0.3 is 0 Å². The molecule has 0 aliphatic rings. The van der Waals surface area contributed by atoms with Gasteiger partial charge < -0.3 is 10.1 Å². The molecule has 4 nitrogen and oxygen atoms in total. The van der Waals surface area contributed by atoms with Crippen LogP contribution in [-0.2, 0) is 13.1 Å². The number of aromatic nitrogens is 2. The predicted molar refractivity (Wildman–Crippen MR) is 84.0 cm³/mol. The van der Waals surface area contributed by atoms with Crippen molar-refractivity contribution in [3.8, 4) is 5.75 Å². The Kier molecular flexibility index (Phi) is 5.20. The van der Waals surface area contributed by atoms with Crippen LogP contribution in [0.2, 0.25) is 0 Å². The maximum atomic E-state index is 5.26. The number of ether oxygens (including phenoxy) is 1. The minimum absolute atomic E-state index is 0.478. The van der Waals surface area contributed by atoms with Gasteiger partial charge in [-0.1, -0.05) is 29.8 Å². The lowest BCUT2D eigenvalue weighted by Crippen LogP contribution is -2.21. The van der Waals surface area contributed by atoms with Crippen molar-refractivity contribution < 1.29 is 4.74 Å². The van der Waals surface area contributed by atoms with E-state index >= 15 is 0 Å². The highest BCUT2D eigenvalue weighted by atomic mass is 79.9. The summed E-state index contributed by atoms with van der Waals surface area (Å²) in [4.78, 5) is 0. The number of nitrogens with one attached hydrogen (secondary N) is 1. The van der Waals surface area contributed by atoms with Crippen molar-refractivity contribution in [1.82, 2.24) is 15.1 Å². The molecule has 1 heterocycles. The molecule has 0 spiro atoms. The molecule has 0 saturated heterocycles. The highest BCUT2D eigenvalue weighted by Gasteiger charge is 2.05. The Hall–Kier alpha value is -1.33. The Bertz CT molecular complexity index is 566. The highest BCUT2D eigenvalue weighted by molar-refractivity contribution is 9.10. The molecule has 0 aliphatic carbocycles. The third-order valence-electron chi connectivity index (χ3n) is 2.99. The first-order valence-corrected chi connectivity index (χ1v) is 7.45. The Labute approximate surface area is 128 Å². The standard InChI is InChI=1S/C15H20BrN3O/c1-11(2)17-7-12-8-18-19(9-12)10-13-6-14(20-3)4-5-15(13)16/h4-6,8-9,11,17H,7,10H2,1-3H3. The van der Waals surface area contributed by atoms with Gasteiger partial charge in [-0.2, -0.15) is 5.10 Å². The summed E-state index contributed by atoms with van der Waals surface area (Å²) < 4.78 is 8.26. The van der Waals surface area contributed by atoms with Gasteiger partial charge in [-0.25, -0.2) is 0 Å². The van der Waals surface area contributed by atoms with Crippen LogP contribution >= 0.6 is 15.9 Å². The van der Waals surface area contributed by atoms with E-state index in [1.165, 1.54) is 5.56 Å². The maximum absolute atomic E-state index is 5.26. The van der Waals surface area contributed by atoms with Gasteiger partial charge in [0.2, 0.25) is 0 Å². The summed E-state index contributed by atoms with van der Waals surface area (Å²) in [5.74, 6) is 0.858. The molecule has 1 N–H and O–H groups in total. The van der Waals surface area contributed by atoms with Gasteiger partial charge in [0.25, 0.3) is 0 Å². The molecule has 0 bridgehead atoms. The molecular formula is C15H20BrN3O. The van der Waals surface area contributed by atoms with E-state index < -0.39 is 0 Å². The largest absolute Gasteiger partial charge is 0.497 e. The first-order chi connectivity index (χ1) is 9.58. The summed E-state index contributed by atoms with van der Waals surface area (Å²) in [5, 5.41) is 7.79. The van der Waals surface area contributed by atoms with Gasteiger partial charge in [0.05, 0.1) is 19.9 Å². The maximum Gasteiger partial charge on any atom is 0.119 e. The van der Waals surface area contributed by atoms with Crippen molar-refractivity contribution in [2.75, 3.05) is 7.11 Å². The van der Waals surface area contributed by atoms with Crippen molar-refractivity contribution >= 4 is 15.9 Å². The molecule has 1 aromatic heterocycles. The second-order valence-corrected chi connectivity index (χ2v) is 5.89. The second-order valence-electron chi connectivity index (χ2n) is 5.04. The van der Waals surface area contributed by atoms with Crippen LogP contribution < -0.4 is 10.1 Å². The summed E-state index contributed by atoms with van der Waals surface area (Å²) in [7, 11) is 1.68. The van der Waals surface area contributed by atoms with Crippen LogP contribution in [0.5, 0.6) is 5.75 Å². The minimum atomic E-state index is 0.478. The van der Waals surface area contributed by atoms with Gasteiger partial charge in [-0.05, 0) is 23.8 Å². The molecule has 0 radical (unpaired) electrons. The van der Waals surface area contributed by atoms with Crippen molar-refractivity contribution in [2.45, 2.75) is 33.0 Å². The number of hydrogen-bond acceptors (Lipinski definition) is 3. The van der Waals surface area contributed by atoms with E-state index in [9.17, 15) is 0 Å². The van der Waals surface area contributed by atoms with Crippen LogP contribution in [0.1, 0.15) is 25.0 Å². The molecule has 2 aromatic rings. The molecule has 5 heteroatoms. The smallest absolute Gasteiger partial charge is 0.119 e. The molecule has 0 aliphatic heterocycles. The zero-order valence-corrected chi connectivity index (χ0v) is 13.6. The summed E-state index contributed by atoms with van der Waals surface area (Å²) in [6, 6.07) is 6.44. The first-order valence-electron chi connectivity index (χ1n) is 6.65. The topological polar surface area (TPSA) is 39.1 Å². The predicted octanol–water partition coefficient (Wildman–Crippen LogP) is 3.20. The Balaban J connectivity index is 2.06. The van der Waals surface area contributed by atoms with Crippen LogP contribution in [0.25, 0.3) is 0 Å². The number of methoxy groups -OCH3 is 1. The van der Waals surface area contributed by atoms with E-state index in [1.807, 2.05) is 29.1 Å². The fourth-order valence-electron chi connectivity index (χ4n) is 1.88. The summed E-state index contributed by atoms with van der Waals surface area (Å²) in [5.41, 5.74) is 2.34. The SMILES string of the molecule is COc1ccc(Br)c(Cn2cc(CNC(C)C)cn2)c1. The van der Waals surface area contributed by atoms with Crippen LogP contribution in [0.3, 0.4) is 0 Å². The molecule has 0 saturated carbocycles. The van der Waals surface area contributed by atoms with E-state index in [-0.39, 0.29) is 0 Å². The minimum Gasteiger partial charge on any atom is -0.497 e. The summed E-state index contributed by atoms with van der Waals surface area (Å²) >= 11 is 3.56. The van der Waals surface area contributed by atoms with Crippen LogP contribution in [0.15, 0.2) is 35.1 Å². The highest BCUT2D eigenvalue weighted by Crippen LogP contribution is 2.23. The Morgan fingerprint density at radius 3 is 2.90 bits per heavy atom. The fourth-order valence-corrected chi connectivity index (χ4v) is 2.25. The van der Waals surface area contributed by atoms with Crippen molar-refractivity contribution in [3.63, 3.8) is 0 Å². The van der Waals surface area contributed by atoms with Gasteiger partial charge in [-0.3, -0.25) is 4.68 Å². The zero-order valence-electron chi connectivity index (χ0n) is 12.1. The number of rotatable bonds is 6.